The van der Waals surface area contributed by atoms with Gasteiger partial charge in [0.15, 0.2) is 5.76 Å². The number of rotatable bonds is 4. The fourth-order valence-electron chi connectivity index (χ4n) is 3.06. The van der Waals surface area contributed by atoms with Crippen LogP contribution in [0.5, 0.6) is 5.75 Å². The van der Waals surface area contributed by atoms with E-state index in [1.807, 2.05) is 31.2 Å². The number of carbonyl (C=O) groups is 2. The van der Waals surface area contributed by atoms with Crippen molar-refractivity contribution in [2.75, 3.05) is 26.2 Å². The van der Waals surface area contributed by atoms with Crippen LogP contribution in [-0.2, 0) is 11.4 Å². The second-order valence-electron chi connectivity index (χ2n) is 6.73. The molecule has 1 fully saturated rings. The van der Waals surface area contributed by atoms with Crippen molar-refractivity contribution in [3.63, 3.8) is 0 Å². The standard InChI is InChI=1S/C20H24N2O5/c1-14-3-5-17(6-4-14)27-13-19-18(7-10-26-19)20(25)22-9-8-21(15(2)23)11-16(24)12-22/h3-7,10,16,24H,8-9,11-13H2,1-2H3/t16-/m1/s1. The van der Waals surface area contributed by atoms with Gasteiger partial charge in [-0.2, -0.15) is 0 Å². The zero-order valence-electron chi connectivity index (χ0n) is 15.6. The predicted molar refractivity (Wildman–Crippen MR) is 98.4 cm³/mol. The van der Waals surface area contributed by atoms with E-state index in [1.165, 1.54) is 13.2 Å². The molecule has 1 aliphatic rings. The van der Waals surface area contributed by atoms with Gasteiger partial charge in [0.25, 0.3) is 5.91 Å². The zero-order valence-corrected chi connectivity index (χ0v) is 15.6. The molecular formula is C20H24N2O5. The fraction of sp³-hybridized carbons (Fsp3) is 0.400. The maximum atomic E-state index is 12.9. The number of aliphatic hydroxyl groups excluding tert-OH is 1. The van der Waals surface area contributed by atoms with Crippen LogP contribution in [0.3, 0.4) is 0 Å². The number of benzene rings is 1. The summed E-state index contributed by atoms with van der Waals surface area (Å²) < 4.78 is 11.2. The van der Waals surface area contributed by atoms with Crippen molar-refractivity contribution in [2.24, 2.45) is 0 Å². The minimum absolute atomic E-state index is 0.112. The maximum absolute atomic E-state index is 12.9. The number of aryl methyl sites for hydroxylation is 1. The number of carbonyl (C=O) groups excluding carboxylic acids is 2. The minimum atomic E-state index is -0.778. The Balaban J connectivity index is 1.67. The van der Waals surface area contributed by atoms with Crippen LogP contribution in [0.1, 0.15) is 28.6 Å². The van der Waals surface area contributed by atoms with E-state index in [0.29, 0.717) is 30.2 Å². The van der Waals surface area contributed by atoms with Crippen molar-refractivity contribution in [2.45, 2.75) is 26.6 Å². The molecule has 3 rings (SSSR count). The average Bonchev–Trinajstić information content (AvgIpc) is 3.01. The molecule has 0 spiro atoms. The Bertz CT molecular complexity index is 799. The van der Waals surface area contributed by atoms with Gasteiger partial charge in [0.2, 0.25) is 5.91 Å². The molecule has 1 aliphatic heterocycles. The Labute approximate surface area is 158 Å². The molecule has 1 atom stereocenters. The van der Waals surface area contributed by atoms with E-state index in [9.17, 15) is 14.7 Å². The third kappa shape index (κ3) is 4.68. The van der Waals surface area contributed by atoms with Crippen molar-refractivity contribution in [1.82, 2.24) is 9.80 Å². The van der Waals surface area contributed by atoms with Crippen LogP contribution in [0.25, 0.3) is 0 Å². The van der Waals surface area contributed by atoms with Crippen LogP contribution < -0.4 is 4.74 Å². The first-order chi connectivity index (χ1) is 12.9. The number of ether oxygens (including phenoxy) is 1. The number of furan rings is 1. The number of hydrogen-bond acceptors (Lipinski definition) is 5. The Morgan fingerprint density at radius 3 is 2.52 bits per heavy atom. The molecule has 1 N–H and O–H groups in total. The molecule has 0 unspecified atom stereocenters. The molecule has 2 heterocycles. The molecule has 7 nitrogen and oxygen atoms in total. The molecule has 1 aromatic carbocycles. The van der Waals surface area contributed by atoms with Gasteiger partial charge < -0.3 is 24.1 Å². The second kappa shape index (κ2) is 8.26. The molecule has 7 heteroatoms. The third-order valence-corrected chi connectivity index (χ3v) is 4.60. The number of hydrogen-bond donors (Lipinski definition) is 1. The topological polar surface area (TPSA) is 83.2 Å². The highest BCUT2D eigenvalue weighted by Crippen LogP contribution is 2.19. The third-order valence-electron chi connectivity index (χ3n) is 4.60. The van der Waals surface area contributed by atoms with E-state index in [4.69, 9.17) is 9.15 Å². The lowest BCUT2D eigenvalue weighted by Gasteiger charge is -2.21. The molecule has 0 saturated carbocycles. The van der Waals surface area contributed by atoms with Crippen LogP contribution >= 0.6 is 0 Å². The van der Waals surface area contributed by atoms with Crippen molar-refractivity contribution < 1.29 is 23.8 Å². The Morgan fingerprint density at radius 2 is 1.81 bits per heavy atom. The Hall–Kier alpha value is -2.80. The van der Waals surface area contributed by atoms with Crippen molar-refractivity contribution >= 4 is 11.8 Å². The monoisotopic (exact) mass is 372 g/mol. The molecule has 2 amide bonds. The lowest BCUT2D eigenvalue weighted by atomic mass is 10.2. The molecule has 1 aromatic heterocycles. The smallest absolute Gasteiger partial charge is 0.257 e. The van der Waals surface area contributed by atoms with Crippen LogP contribution in [-0.4, -0.2) is 59.0 Å². The van der Waals surface area contributed by atoms with Gasteiger partial charge in [-0.15, -0.1) is 0 Å². The summed E-state index contributed by atoms with van der Waals surface area (Å²) in [6.45, 7) is 4.74. The molecular weight excluding hydrogens is 348 g/mol. The SMILES string of the molecule is CC(=O)N1CCN(C(=O)c2ccoc2COc2ccc(C)cc2)C[C@H](O)C1. The Kier molecular flexibility index (Phi) is 5.81. The van der Waals surface area contributed by atoms with E-state index in [1.54, 1.807) is 15.9 Å². The average molecular weight is 372 g/mol. The van der Waals surface area contributed by atoms with Gasteiger partial charge in [0, 0.05) is 33.1 Å². The van der Waals surface area contributed by atoms with Crippen LogP contribution in [0.15, 0.2) is 41.0 Å². The summed E-state index contributed by atoms with van der Waals surface area (Å²) in [6.07, 6.45) is 0.677. The van der Waals surface area contributed by atoms with Gasteiger partial charge >= 0.3 is 0 Å². The normalized spacial score (nSPS) is 17.5. The quantitative estimate of drug-likeness (QED) is 0.885. The van der Waals surface area contributed by atoms with Crippen molar-refractivity contribution in [3.8, 4) is 5.75 Å². The van der Waals surface area contributed by atoms with E-state index in [2.05, 4.69) is 0 Å². The first-order valence-corrected chi connectivity index (χ1v) is 8.92. The van der Waals surface area contributed by atoms with Gasteiger partial charge in [-0.05, 0) is 25.1 Å². The lowest BCUT2D eigenvalue weighted by Crippen LogP contribution is -2.38. The van der Waals surface area contributed by atoms with Crippen LogP contribution in [0, 0.1) is 6.92 Å². The van der Waals surface area contributed by atoms with Gasteiger partial charge in [-0.1, -0.05) is 17.7 Å². The van der Waals surface area contributed by atoms with E-state index >= 15 is 0 Å². The molecule has 0 radical (unpaired) electrons. The van der Waals surface area contributed by atoms with Gasteiger partial charge in [0.1, 0.15) is 12.4 Å². The van der Waals surface area contributed by atoms with Crippen LogP contribution in [0.4, 0.5) is 0 Å². The summed E-state index contributed by atoms with van der Waals surface area (Å²) in [5.74, 6) is 0.773. The summed E-state index contributed by atoms with van der Waals surface area (Å²) >= 11 is 0. The highest BCUT2D eigenvalue weighted by Gasteiger charge is 2.28. The molecule has 2 aromatic rings. The summed E-state index contributed by atoms with van der Waals surface area (Å²) in [7, 11) is 0. The zero-order chi connectivity index (χ0) is 19.4. The number of nitrogens with zero attached hydrogens (tertiary/aromatic N) is 2. The summed E-state index contributed by atoms with van der Waals surface area (Å²) in [5.41, 5.74) is 1.54. The molecule has 27 heavy (non-hydrogen) atoms. The van der Waals surface area contributed by atoms with Crippen molar-refractivity contribution in [3.05, 3.63) is 53.5 Å². The van der Waals surface area contributed by atoms with Gasteiger partial charge in [-0.25, -0.2) is 0 Å². The molecule has 0 bridgehead atoms. The van der Waals surface area contributed by atoms with Crippen LogP contribution in [0.2, 0.25) is 0 Å². The van der Waals surface area contributed by atoms with E-state index in [-0.39, 0.29) is 31.5 Å². The fourth-order valence-corrected chi connectivity index (χ4v) is 3.06. The second-order valence-corrected chi connectivity index (χ2v) is 6.73. The van der Waals surface area contributed by atoms with Crippen molar-refractivity contribution in [1.29, 1.82) is 0 Å². The van der Waals surface area contributed by atoms with E-state index in [0.717, 1.165) is 5.56 Å². The summed E-state index contributed by atoms with van der Waals surface area (Å²) in [4.78, 5) is 27.6. The molecule has 0 aliphatic carbocycles. The lowest BCUT2D eigenvalue weighted by molar-refractivity contribution is -0.129. The van der Waals surface area contributed by atoms with E-state index < -0.39 is 6.10 Å². The highest BCUT2D eigenvalue weighted by molar-refractivity contribution is 5.95. The number of aliphatic hydroxyl groups is 1. The van der Waals surface area contributed by atoms with Gasteiger partial charge in [0.05, 0.1) is 17.9 Å². The minimum Gasteiger partial charge on any atom is -0.486 e. The number of β-amino-alcohol motifs (C(OH)–C–C–N with tert-alkyl or cyclic N) is 1. The first kappa shape index (κ1) is 19.0. The summed E-state index contributed by atoms with van der Waals surface area (Å²) in [6, 6.07) is 9.23. The maximum Gasteiger partial charge on any atom is 0.257 e. The highest BCUT2D eigenvalue weighted by atomic mass is 16.5. The molecule has 144 valence electrons. The predicted octanol–water partition coefficient (Wildman–Crippen LogP) is 1.83. The Morgan fingerprint density at radius 1 is 1.15 bits per heavy atom. The van der Waals surface area contributed by atoms with Gasteiger partial charge in [-0.3, -0.25) is 9.59 Å². The summed E-state index contributed by atoms with van der Waals surface area (Å²) in [5, 5.41) is 10.1. The largest absolute Gasteiger partial charge is 0.486 e. The molecule has 1 saturated heterocycles. The number of amides is 2. The first-order valence-electron chi connectivity index (χ1n) is 8.92.